The fraction of sp³-hybridized carbons (Fsp3) is 0.562. The molecule has 2 fully saturated rings. The van der Waals surface area contributed by atoms with Crippen molar-refractivity contribution >= 4 is 17.7 Å². The fourth-order valence-electron chi connectivity index (χ4n) is 2.98. The van der Waals surface area contributed by atoms with Gasteiger partial charge in [-0.2, -0.15) is 4.99 Å². The molecule has 2 aliphatic rings. The molecule has 0 aliphatic heterocycles. The van der Waals surface area contributed by atoms with Gasteiger partial charge in [-0.25, -0.2) is 4.79 Å². The molecule has 0 heterocycles. The summed E-state index contributed by atoms with van der Waals surface area (Å²) in [6.45, 7) is 0. The summed E-state index contributed by atoms with van der Waals surface area (Å²) >= 11 is 6.38. The van der Waals surface area contributed by atoms with E-state index in [0.29, 0.717) is 16.5 Å². The van der Waals surface area contributed by atoms with Crippen molar-refractivity contribution < 1.29 is 14.3 Å². The van der Waals surface area contributed by atoms with Gasteiger partial charge in [-0.3, -0.25) is 0 Å². The molecular weight excluding hydrogens is 290 g/mol. The molecule has 1 aromatic rings. The van der Waals surface area contributed by atoms with Crippen molar-refractivity contribution in [2.75, 3.05) is 7.11 Å². The summed E-state index contributed by atoms with van der Waals surface area (Å²) in [4.78, 5) is 14.5. The van der Waals surface area contributed by atoms with Crippen LogP contribution in [0.15, 0.2) is 17.1 Å². The van der Waals surface area contributed by atoms with E-state index in [1.807, 2.05) is 6.07 Å². The summed E-state index contributed by atoms with van der Waals surface area (Å²) in [5, 5.41) is 0.570. The molecule has 0 amide bonds. The first kappa shape index (κ1) is 14.4. The highest BCUT2D eigenvalue weighted by molar-refractivity contribution is 6.31. The van der Waals surface area contributed by atoms with E-state index in [1.54, 1.807) is 19.3 Å². The van der Waals surface area contributed by atoms with Gasteiger partial charge in [0.15, 0.2) is 11.5 Å². The minimum atomic E-state index is -0.502. The number of hydrogen-bond donors (Lipinski definition) is 0. The summed E-state index contributed by atoms with van der Waals surface area (Å²) < 4.78 is 11.4. The second-order valence-corrected chi connectivity index (χ2v) is 6.15. The van der Waals surface area contributed by atoms with Gasteiger partial charge in [0.05, 0.1) is 23.8 Å². The number of hydrogen-bond acceptors (Lipinski definition) is 4. The second kappa shape index (κ2) is 5.70. The molecule has 0 unspecified atom stereocenters. The Morgan fingerprint density at radius 1 is 1.29 bits per heavy atom. The van der Waals surface area contributed by atoms with Crippen molar-refractivity contribution in [2.24, 2.45) is 4.99 Å². The van der Waals surface area contributed by atoms with Crippen molar-refractivity contribution in [3.63, 3.8) is 0 Å². The van der Waals surface area contributed by atoms with Crippen LogP contribution < -0.4 is 9.47 Å². The van der Waals surface area contributed by atoms with Crippen LogP contribution in [0.2, 0.25) is 5.02 Å². The van der Waals surface area contributed by atoms with Crippen LogP contribution in [0.5, 0.6) is 11.5 Å². The average molecular weight is 308 g/mol. The summed E-state index contributed by atoms with van der Waals surface area (Å²) in [7, 11) is 1.61. The van der Waals surface area contributed by atoms with E-state index in [0.717, 1.165) is 31.2 Å². The summed E-state index contributed by atoms with van der Waals surface area (Å²) in [5.74, 6) is 1.32. The van der Waals surface area contributed by atoms with Gasteiger partial charge in [0, 0.05) is 11.6 Å². The molecule has 0 atom stereocenters. The van der Waals surface area contributed by atoms with E-state index in [4.69, 9.17) is 21.1 Å². The van der Waals surface area contributed by atoms with Crippen molar-refractivity contribution in [2.45, 2.75) is 50.2 Å². The molecule has 4 nitrogen and oxygen atoms in total. The van der Waals surface area contributed by atoms with Crippen LogP contribution in [0.25, 0.3) is 0 Å². The molecule has 112 valence electrons. The van der Waals surface area contributed by atoms with Gasteiger partial charge < -0.3 is 9.47 Å². The number of aliphatic imine (C=N–C) groups is 1. The Balaban J connectivity index is 1.92. The van der Waals surface area contributed by atoms with E-state index in [2.05, 4.69) is 4.99 Å². The maximum Gasteiger partial charge on any atom is 0.235 e. The molecule has 0 aromatic heterocycles. The summed E-state index contributed by atoms with van der Waals surface area (Å²) in [5.41, 5.74) is 0.320. The number of nitrogens with zero attached hydrogens (tertiary/aromatic N) is 1. The third-order valence-corrected chi connectivity index (χ3v) is 4.65. The normalized spacial score (nSPS) is 19.9. The molecule has 0 bridgehead atoms. The Hall–Kier alpha value is -1.51. The Bertz CT molecular complexity index is 585. The van der Waals surface area contributed by atoms with E-state index in [-0.39, 0.29) is 6.10 Å². The molecule has 0 N–H and O–H groups in total. The third-order valence-electron chi connectivity index (χ3n) is 4.33. The molecular formula is C16H18ClNO3. The lowest BCUT2D eigenvalue weighted by molar-refractivity contribution is 0.200. The predicted octanol–water partition coefficient (Wildman–Crippen LogP) is 3.99. The van der Waals surface area contributed by atoms with Crippen LogP contribution in [0, 0.1) is 0 Å². The number of halogens is 1. The number of rotatable bonds is 5. The standard InChI is InChI=1S/C16H18ClNO3/c1-20-14-8-12(16(6-7-16)18-10-19)13(17)9-15(14)21-11-4-2-3-5-11/h8-9,11H,2-7H2,1H3. The molecule has 1 aromatic carbocycles. The maximum atomic E-state index is 10.6. The zero-order valence-electron chi connectivity index (χ0n) is 12.0. The minimum absolute atomic E-state index is 0.240. The zero-order chi connectivity index (χ0) is 14.9. The van der Waals surface area contributed by atoms with E-state index in [1.165, 1.54) is 12.8 Å². The monoisotopic (exact) mass is 307 g/mol. The highest BCUT2D eigenvalue weighted by atomic mass is 35.5. The third kappa shape index (κ3) is 2.78. The first-order chi connectivity index (χ1) is 10.2. The quantitative estimate of drug-likeness (QED) is 0.610. The molecule has 3 rings (SSSR count). The van der Waals surface area contributed by atoms with Crippen LogP contribution >= 0.6 is 11.6 Å². The molecule has 2 saturated carbocycles. The van der Waals surface area contributed by atoms with E-state index < -0.39 is 5.54 Å². The molecule has 5 heteroatoms. The number of benzene rings is 1. The lowest BCUT2D eigenvalue weighted by Gasteiger charge is -2.19. The fourth-order valence-corrected chi connectivity index (χ4v) is 3.31. The number of ether oxygens (including phenoxy) is 2. The van der Waals surface area contributed by atoms with Gasteiger partial charge in [0.25, 0.3) is 0 Å². The topological polar surface area (TPSA) is 47.9 Å². The predicted molar refractivity (Wildman–Crippen MR) is 79.9 cm³/mol. The largest absolute Gasteiger partial charge is 0.493 e. The molecule has 21 heavy (non-hydrogen) atoms. The first-order valence-electron chi connectivity index (χ1n) is 7.32. The lowest BCUT2D eigenvalue weighted by atomic mass is 10.0. The van der Waals surface area contributed by atoms with Crippen LogP contribution in [-0.2, 0) is 10.3 Å². The second-order valence-electron chi connectivity index (χ2n) is 5.74. The van der Waals surface area contributed by atoms with Crippen molar-refractivity contribution in [1.82, 2.24) is 0 Å². The summed E-state index contributed by atoms with van der Waals surface area (Å²) in [6.07, 6.45) is 8.07. The van der Waals surface area contributed by atoms with Gasteiger partial charge in [0.1, 0.15) is 0 Å². The number of methoxy groups -OCH3 is 1. The molecule has 0 saturated heterocycles. The SMILES string of the molecule is COc1cc(C2(N=C=O)CC2)c(Cl)cc1OC1CCCC1. The molecule has 0 radical (unpaired) electrons. The Morgan fingerprint density at radius 3 is 2.57 bits per heavy atom. The van der Waals surface area contributed by atoms with Gasteiger partial charge >= 0.3 is 0 Å². The van der Waals surface area contributed by atoms with Crippen LogP contribution in [0.1, 0.15) is 44.1 Å². The van der Waals surface area contributed by atoms with Gasteiger partial charge in [-0.1, -0.05) is 11.6 Å². The lowest BCUT2D eigenvalue weighted by Crippen LogP contribution is -2.12. The maximum absolute atomic E-state index is 10.6. The average Bonchev–Trinajstić information content (AvgIpc) is 3.06. The van der Waals surface area contributed by atoms with E-state index in [9.17, 15) is 4.79 Å². The molecule has 0 spiro atoms. The van der Waals surface area contributed by atoms with Crippen LogP contribution in [-0.4, -0.2) is 19.3 Å². The van der Waals surface area contributed by atoms with Crippen LogP contribution in [0.4, 0.5) is 0 Å². The highest BCUT2D eigenvalue weighted by Gasteiger charge is 2.46. The molecule has 2 aliphatic carbocycles. The smallest absolute Gasteiger partial charge is 0.235 e. The van der Waals surface area contributed by atoms with Crippen molar-refractivity contribution in [3.05, 3.63) is 22.7 Å². The summed E-state index contributed by atoms with van der Waals surface area (Å²) in [6, 6.07) is 3.63. The Kier molecular flexibility index (Phi) is 3.92. The van der Waals surface area contributed by atoms with Crippen molar-refractivity contribution in [1.29, 1.82) is 0 Å². The van der Waals surface area contributed by atoms with Crippen molar-refractivity contribution in [3.8, 4) is 11.5 Å². The minimum Gasteiger partial charge on any atom is -0.493 e. The van der Waals surface area contributed by atoms with Gasteiger partial charge in [-0.15, -0.1) is 0 Å². The van der Waals surface area contributed by atoms with E-state index >= 15 is 0 Å². The van der Waals surface area contributed by atoms with Crippen LogP contribution in [0.3, 0.4) is 0 Å². The Labute approximate surface area is 129 Å². The number of isocyanates is 1. The first-order valence-corrected chi connectivity index (χ1v) is 7.70. The van der Waals surface area contributed by atoms with Gasteiger partial charge in [0.2, 0.25) is 6.08 Å². The van der Waals surface area contributed by atoms with Gasteiger partial charge in [-0.05, 0) is 44.6 Å². The Morgan fingerprint density at radius 2 is 2.00 bits per heavy atom. The number of carbonyl (C=O) groups excluding carboxylic acids is 1. The highest BCUT2D eigenvalue weighted by Crippen LogP contribution is 2.53. The zero-order valence-corrected chi connectivity index (χ0v) is 12.8.